The lowest BCUT2D eigenvalue weighted by Crippen LogP contribution is -2.45. The minimum atomic E-state index is -1.15. The topological polar surface area (TPSA) is 140 Å². The van der Waals surface area contributed by atoms with Crippen LogP contribution in [-0.4, -0.2) is 49.9 Å². The number of carbonyl (C=O) groups is 2. The molecule has 14 heteroatoms. The lowest BCUT2D eigenvalue weighted by Gasteiger charge is -2.28. The number of urea groups is 1. The maximum Gasteiger partial charge on any atom is 0.337 e. The standard InChI is InChI=1S/C31H31BrCl2N4O7/c1-4-43-26-12-19(29-28(30(40)42-3)17(2)36-31(41)37-29)7-10-25(26)45-16-27(39)38-35-14-18-5-9-24(22(32)11-18)44-15-20-6-8-21(33)13-23(20)34/h5-14,27,29,38-39H,4,15-16H2,1-3H3,(H2,36,37,41)/b35-14-/t27-,29+/m1/s1. The van der Waals surface area contributed by atoms with Crippen molar-refractivity contribution in [2.75, 3.05) is 20.3 Å². The van der Waals surface area contributed by atoms with Crippen LogP contribution >= 0.6 is 39.1 Å². The number of hydrogen-bond acceptors (Lipinski definition) is 9. The fourth-order valence-corrected chi connectivity index (χ4v) is 5.30. The zero-order valence-corrected chi connectivity index (χ0v) is 27.6. The number of aliphatic hydroxyl groups is 1. The smallest absolute Gasteiger partial charge is 0.337 e. The highest BCUT2D eigenvalue weighted by Gasteiger charge is 2.32. The van der Waals surface area contributed by atoms with Crippen LogP contribution in [0.3, 0.4) is 0 Å². The molecule has 0 saturated heterocycles. The SMILES string of the molecule is CCOc1cc([C@@H]2NC(=O)NC(C)=C2C(=O)OC)ccc1OC[C@@H](O)N/N=C\c1ccc(OCc2ccc(Cl)cc2Cl)c(Br)c1. The van der Waals surface area contributed by atoms with E-state index in [-0.39, 0.29) is 18.8 Å². The van der Waals surface area contributed by atoms with E-state index >= 15 is 0 Å². The van der Waals surface area contributed by atoms with E-state index in [1.807, 2.05) is 19.1 Å². The van der Waals surface area contributed by atoms with Crippen LogP contribution < -0.4 is 30.3 Å². The summed E-state index contributed by atoms with van der Waals surface area (Å²) in [6.07, 6.45) is 0.390. The lowest BCUT2D eigenvalue weighted by atomic mass is 9.95. The Labute approximate surface area is 278 Å². The minimum Gasteiger partial charge on any atom is -0.490 e. The number of methoxy groups -OCH3 is 1. The number of esters is 1. The second-order valence-corrected chi connectivity index (χ2v) is 11.3. The number of amides is 2. The molecular weight excluding hydrogens is 691 g/mol. The number of halogens is 3. The fraction of sp³-hybridized carbons (Fsp3) is 0.258. The van der Waals surface area contributed by atoms with Gasteiger partial charge in [0.15, 0.2) is 17.7 Å². The van der Waals surface area contributed by atoms with Gasteiger partial charge in [-0.25, -0.2) is 9.59 Å². The molecule has 2 atom stereocenters. The summed E-state index contributed by atoms with van der Waals surface area (Å²) >= 11 is 15.7. The van der Waals surface area contributed by atoms with Crippen LogP contribution in [0.1, 0.15) is 36.6 Å². The summed E-state index contributed by atoms with van der Waals surface area (Å²) in [6.45, 7) is 3.88. The van der Waals surface area contributed by atoms with Crippen LogP contribution in [0.2, 0.25) is 10.0 Å². The van der Waals surface area contributed by atoms with Crippen molar-refractivity contribution in [3.63, 3.8) is 0 Å². The molecule has 238 valence electrons. The van der Waals surface area contributed by atoms with E-state index < -0.39 is 24.3 Å². The van der Waals surface area contributed by atoms with Crippen molar-refractivity contribution in [3.05, 3.63) is 97.1 Å². The molecule has 0 saturated carbocycles. The molecule has 0 radical (unpaired) electrons. The lowest BCUT2D eigenvalue weighted by molar-refractivity contribution is -0.136. The summed E-state index contributed by atoms with van der Waals surface area (Å²) in [5.41, 5.74) is 5.40. The molecular formula is C31H31BrCl2N4O7. The highest BCUT2D eigenvalue weighted by Crippen LogP contribution is 2.35. The molecule has 45 heavy (non-hydrogen) atoms. The first-order valence-corrected chi connectivity index (χ1v) is 15.2. The Morgan fingerprint density at radius 1 is 1.09 bits per heavy atom. The first kappa shape index (κ1) is 33.9. The molecule has 0 aromatic heterocycles. The molecule has 1 aliphatic rings. The Bertz CT molecular complexity index is 1620. The van der Waals surface area contributed by atoms with Gasteiger partial charge < -0.3 is 34.7 Å². The summed E-state index contributed by atoms with van der Waals surface area (Å²) in [5.74, 6) is 0.761. The van der Waals surface area contributed by atoms with Crippen LogP contribution in [-0.2, 0) is 16.1 Å². The van der Waals surface area contributed by atoms with E-state index in [1.54, 1.807) is 49.4 Å². The number of hydrazone groups is 1. The Balaban J connectivity index is 1.34. The largest absolute Gasteiger partial charge is 0.490 e. The van der Waals surface area contributed by atoms with Gasteiger partial charge in [-0.1, -0.05) is 35.3 Å². The summed E-state index contributed by atoms with van der Waals surface area (Å²) in [5, 5.41) is 20.9. The molecule has 0 aliphatic carbocycles. The maximum absolute atomic E-state index is 12.4. The fourth-order valence-electron chi connectivity index (χ4n) is 4.33. The van der Waals surface area contributed by atoms with Crippen molar-refractivity contribution in [1.29, 1.82) is 0 Å². The zero-order chi connectivity index (χ0) is 32.5. The van der Waals surface area contributed by atoms with Gasteiger partial charge in [-0.2, -0.15) is 5.10 Å². The van der Waals surface area contributed by atoms with Gasteiger partial charge in [0.1, 0.15) is 19.0 Å². The van der Waals surface area contributed by atoms with Crippen molar-refractivity contribution in [1.82, 2.24) is 16.1 Å². The van der Waals surface area contributed by atoms with E-state index in [9.17, 15) is 14.7 Å². The van der Waals surface area contributed by atoms with Crippen molar-refractivity contribution in [2.24, 2.45) is 5.10 Å². The molecule has 4 N–H and O–H groups in total. The van der Waals surface area contributed by atoms with Crippen LogP contribution in [0.4, 0.5) is 4.79 Å². The van der Waals surface area contributed by atoms with Gasteiger partial charge in [-0.05, 0) is 83.4 Å². The Hall–Kier alpha value is -3.97. The Morgan fingerprint density at radius 2 is 1.87 bits per heavy atom. The third kappa shape index (κ3) is 9.04. The number of nitrogens with zero attached hydrogens (tertiary/aromatic N) is 1. The van der Waals surface area contributed by atoms with Crippen LogP contribution in [0.25, 0.3) is 0 Å². The first-order chi connectivity index (χ1) is 21.6. The van der Waals surface area contributed by atoms with Crippen LogP contribution in [0.15, 0.2) is 75.4 Å². The molecule has 11 nitrogen and oxygen atoms in total. The zero-order valence-electron chi connectivity index (χ0n) is 24.5. The highest BCUT2D eigenvalue weighted by molar-refractivity contribution is 9.10. The minimum absolute atomic E-state index is 0.156. The monoisotopic (exact) mass is 720 g/mol. The number of rotatable bonds is 13. The number of allylic oxidation sites excluding steroid dienone is 1. The number of benzene rings is 3. The van der Waals surface area contributed by atoms with Gasteiger partial charge in [0.05, 0.1) is 36.0 Å². The van der Waals surface area contributed by atoms with E-state index in [4.69, 9.17) is 42.1 Å². The van der Waals surface area contributed by atoms with Crippen LogP contribution in [0, 0.1) is 0 Å². The molecule has 0 unspecified atom stereocenters. The average molecular weight is 722 g/mol. The Morgan fingerprint density at radius 3 is 2.58 bits per heavy atom. The molecule has 0 bridgehead atoms. The summed E-state index contributed by atoms with van der Waals surface area (Å²) < 4.78 is 23.0. The Kier molecular flexibility index (Phi) is 11.9. The number of nitrogens with one attached hydrogen (secondary N) is 3. The molecule has 3 aromatic rings. The third-order valence-electron chi connectivity index (χ3n) is 6.46. The van der Waals surface area contributed by atoms with E-state index in [0.717, 1.165) is 11.1 Å². The van der Waals surface area contributed by atoms with Gasteiger partial charge >= 0.3 is 12.0 Å². The van der Waals surface area contributed by atoms with E-state index in [2.05, 4.69) is 37.1 Å². The van der Waals surface area contributed by atoms with Gasteiger partial charge in [-0.3, -0.25) is 5.43 Å². The second kappa shape index (κ2) is 15.8. The number of hydrogen-bond donors (Lipinski definition) is 4. The molecule has 0 fully saturated rings. The third-order valence-corrected chi connectivity index (χ3v) is 7.67. The first-order valence-electron chi connectivity index (χ1n) is 13.7. The van der Waals surface area contributed by atoms with Gasteiger partial charge in [-0.15, -0.1) is 0 Å². The molecule has 3 aromatic carbocycles. The normalized spacial score (nSPS) is 15.3. The number of carbonyl (C=O) groups excluding carboxylic acids is 2. The molecule has 1 aliphatic heterocycles. The molecule has 4 rings (SSSR count). The van der Waals surface area contributed by atoms with Crippen molar-refractivity contribution in [3.8, 4) is 17.2 Å². The number of aliphatic hydroxyl groups excluding tert-OH is 1. The maximum atomic E-state index is 12.4. The number of ether oxygens (including phenoxy) is 4. The average Bonchev–Trinajstić information content (AvgIpc) is 3.00. The highest BCUT2D eigenvalue weighted by atomic mass is 79.9. The van der Waals surface area contributed by atoms with E-state index in [1.165, 1.54) is 13.3 Å². The molecule has 2 amide bonds. The van der Waals surface area contributed by atoms with E-state index in [0.29, 0.717) is 49.6 Å². The van der Waals surface area contributed by atoms with Crippen molar-refractivity contribution in [2.45, 2.75) is 32.7 Å². The van der Waals surface area contributed by atoms with Crippen molar-refractivity contribution < 1.29 is 33.6 Å². The molecule has 0 spiro atoms. The molecule has 1 heterocycles. The quantitative estimate of drug-likeness (QED) is 0.0746. The second-order valence-electron chi connectivity index (χ2n) is 9.63. The van der Waals surface area contributed by atoms with Gasteiger partial charge in [0, 0.05) is 21.3 Å². The summed E-state index contributed by atoms with van der Waals surface area (Å²) in [4.78, 5) is 24.6. The van der Waals surface area contributed by atoms with Crippen molar-refractivity contribution >= 4 is 57.3 Å². The van der Waals surface area contributed by atoms with Gasteiger partial charge in [0.25, 0.3) is 0 Å². The van der Waals surface area contributed by atoms with Crippen LogP contribution in [0.5, 0.6) is 17.2 Å². The predicted molar refractivity (Wildman–Crippen MR) is 174 cm³/mol. The van der Waals surface area contributed by atoms with Gasteiger partial charge in [0.2, 0.25) is 0 Å². The summed E-state index contributed by atoms with van der Waals surface area (Å²) in [7, 11) is 1.27. The predicted octanol–water partition coefficient (Wildman–Crippen LogP) is 5.86. The summed E-state index contributed by atoms with van der Waals surface area (Å²) in [6, 6.07) is 14.4.